The Balaban J connectivity index is 0.000000237. The molecule has 3 aliphatic rings. The number of fused-ring (bicyclic) bond motifs is 2. The minimum Gasteiger partial charge on any atom is -0.371 e. The highest BCUT2D eigenvalue weighted by molar-refractivity contribution is 7.80. The maximum Gasteiger partial charge on any atom is 0.418 e. The maximum absolute atomic E-state index is 12.1. The summed E-state index contributed by atoms with van der Waals surface area (Å²) in [7, 11) is -3.17. The smallest absolute Gasteiger partial charge is 0.371 e. The standard InChI is InChI=1S/C6H10N2O5S.C5H10FN.C2H6O2/c9-6-7-3-1-2-5(4-7)8(6)13-14(10,11)12;6-5-1-3-7-4-2-5;1-4-2-3/h5H,1-4H2,(H,10,11,12);5,7H,1-4H2;3H,2H2,1H3. The van der Waals surface area contributed by atoms with E-state index < -0.39 is 22.6 Å². The second-order valence-electron chi connectivity index (χ2n) is 5.70. The van der Waals surface area contributed by atoms with Crippen LogP contribution in [0.5, 0.6) is 0 Å². The van der Waals surface area contributed by atoms with E-state index in [1.54, 1.807) is 0 Å². The average molecular weight is 387 g/mol. The van der Waals surface area contributed by atoms with Gasteiger partial charge in [0.15, 0.2) is 0 Å². The summed E-state index contributed by atoms with van der Waals surface area (Å²) in [5.74, 6) is 0. The number of hydrogen-bond acceptors (Lipinski definition) is 7. The fraction of sp³-hybridized carbons (Fsp3) is 0.923. The van der Waals surface area contributed by atoms with Gasteiger partial charge in [-0.25, -0.2) is 9.18 Å². The number of halogens is 1. The number of carbonyl (C=O) groups is 1. The van der Waals surface area contributed by atoms with Crippen molar-refractivity contribution in [1.82, 2.24) is 15.3 Å². The summed E-state index contributed by atoms with van der Waals surface area (Å²) in [6.07, 6.45) is 2.40. The van der Waals surface area contributed by atoms with Gasteiger partial charge in [-0.2, -0.15) is 13.5 Å². The second kappa shape index (κ2) is 10.8. The molecule has 3 fully saturated rings. The van der Waals surface area contributed by atoms with Crippen LogP contribution in [0.2, 0.25) is 0 Å². The quantitative estimate of drug-likeness (QED) is 0.453. The molecular formula is C13H26FN3O7S. The molecule has 3 N–H and O–H groups in total. The summed E-state index contributed by atoms with van der Waals surface area (Å²) in [6, 6.07) is -0.761. The van der Waals surface area contributed by atoms with Gasteiger partial charge >= 0.3 is 16.4 Å². The lowest BCUT2D eigenvalue weighted by Crippen LogP contribution is -2.35. The number of methoxy groups -OCH3 is 1. The number of aliphatic hydroxyl groups excluding tert-OH is 1. The fourth-order valence-corrected chi connectivity index (χ4v) is 2.98. The molecule has 3 heterocycles. The predicted octanol–water partition coefficient (Wildman–Crippen LogP) is -0.0887. The number of piperidine rings is 2. The van der Waals surface area contributed by atoms with Crippen LogP contribution in [0.25, 0.3) is 0 Å². The number of carbonyl (C=O) groups excluding carboxylic acids is 1. The van der Waals surface area contributed by atoms with E-state index in [4.69, 9.17) is 9.66 Å². The highest BCUT2D eigenvalue weighted by Gasteiger charge is 2.42. The summed E-state index contributed by atoms with van der Waals surface area (Å²) in [5, 5.41) is 11.5. The van der Waals surface area contributed by atoms with Crippen LogP contribution in [0.15, 0.2) is 0 Å². The van der Waals surface area contributed by atoms with Crippen molar-refractivity contribution in [3.05, 3.63) is 0 Å². The van der Waals surface area contributed by atoms with Crippen LogP contribution in [0.1, 0.15) is 25.7 Å². The number of nitrogens with zero attached hydrogens (tertiary/aromatic N) is 2. The number of rotatable bonds is 3. The van der Waals surface area contributed by atoms with Crippen molar-refractivity contribution in [3.63, 3.8) is 0 Å². The zero-order valence-electron chi connectivity index (χ0n) is 14.1. The molecule has 0 aromatic rings. The first-order valence-electron chi connectivity index (χ1n) is 7.98. The van der Waals surface area contributed by atoms with Crippen molar-refractivity contribution >= 4 is 16.4 Å². The molecule has 0 aromatic carbocycles. The Morgan fingerprint density at radius 2 is 1.92 bits per heavy atom. The molecule has 0 radical (unpaired) electrons. The molecule has 2 amide bonds. The van der Waals surface area contributed by atoms with Gasteiger partial charge in [0, 0.05) is 20.2 Å². The molecule has 3 saturated heterocycles. The highest BCUT2D eigenvalue weighted by Crippen LogP contribution is 2.26. The molecule has 25 heavy (non-hydrogen) atoms. The number of nitrogens with one attached hydrogen (secondary N) is 1. The topological polar surface area (TPSA) is 129 Å². The molecule has 0 saturated carbocycles. The third-order valence-corrected chi connectivity index (χ3v) is 4.11. The lowest BCUT2D eigenvalue weighted by molar-refractivity contribution is -0.0316. The number of urea groups is 1. The van der Waals surface area contributed by atoms with Crippen molar-refractivity contribution < 1.29 is 36.3 Å². The number of amides is 2. The number of aliphatic hydroxyl groups is 1. The fourth-order valence-electron chi connectivity index (χ4n) is 2.60. The lowest BCUT2D eigenvalue weighted by Gasteiger charge is -2.20. The van der Waals surface area contributed by atoms with Crippen LogP contribution in [0.3, 0.4) is 0 Å². The molecule has 0 spiro atoms. The summed E-state index contributed by atoms with van der Waals surface area (Å²) in [4.78, 5) is 12.9. The van der Waals surface area contributed by atoms with Gasteiger partial charge < -0.3 is 20.1 Å². The monoisotopic (exact) mass is 387 g/mol. The molecule has 0 aromatic heterocycles. The number of hydrogen-bond donors (Lipinski definition) is 3. The Morgan fingerprint density at radius 3 is 2.32 bits per heavy atom. The molecule has 148 valence electrons. The van der Waals surface area contributed by atoms with E-state index in [-0.39, 0.29) is 12.8 Å². The third kappa shape index (κ3) is 8.25. The molecular weight excluding hydrogens is 361 g/mol. The SMILES string of the molecule is COCO.FC1CCNCC1.O=C1N2CCCC(C2)N1OS(=O)(=O)O. The zero-order valence-corrected chi connectivity index (χ0v) is 15.0. The van der Waals surface area contributed by atoms with Crippen LogP contribution >= 0.6 is 0 Å². The van der Waals surface area contributed by atoms with E-state index >= 15 is 0 Å². The Labute approximate surface area is 146 Å². The summed E-state index contributed by atoms with van der Waals surface area (Å²) >= 11 is 0. The molecule has 0 aliphatic carbocycles. The summed E-state index contributed by atoms with van der Waals surface area (Å²) < 4.78 is 49.8. The first-order valence-corrected chi connectivity index (χ1v) is 9.34. The van der Waals surface area contributed by atoms with Gasteiger partial charge in [0.1, 0.15) is 13.0 Å². The predicted molar refractivity (Wildman–Crippen MR) is 85.6 cm³/mol. The summed E-state index contributed by atoms with van der Waals surface area (Å²) in [6.45, 7) is 2.62. The Morgan fingerprint density at radius 1 is 1.32 bits per heavy atom. The minimum atomic E-state index is -4.60. The van der Waals surface area contributed by atoms with Gasteiger partial charge in [0.2, 0.25) is 0 Å². The van der Waals surface area contributed by atoms with Crippen molar-refractivity contribution in [3.8, 4) is 0 Å². The van der Waals surface area contributed by atoms with Crippen molar-refractivity contribution in [1.29, 1.82) is 0 Å². The zero-order chi connectivity index (χ0) is 18.9. The van der Waals surface area contributed by atoms with Gasteiger partial charge in [-0.1, -0.05) is 0 Å². The van der Waals surface area contributed by atoms with Crippen LogP contribution < -0.4 is 5.32 Å². The molecule has 1 unspecified atom stereocenters. The lowest BCUT2D eigenvalue weighted by atomic mass is 10.1. The van der Waals surface area contributed by atoms with Gasteiger partial charge in [-0.3, -0.25) is 4.55 Å². The second-order valence-corrected chi connectivity index (χ2v) is 6.70. The van der Waals surface area contributed by atoms with E-state index in [9.17, 15) is 17.6 Å². The van der Waals surface area contributed by atoms with E-state index in [0.29, 0.717) is 32.4 Å². The normalized spacial score (nSPS) is 23.5. The van der Waals surface area contributed by atoms with Crippen molar-refractivity contribution in [2.24, 2.45) is 0 Å². The van der Waals surface area contributed by atoms with E-state index in [0.717, 1.165) is 24.6 Å². The molecule has 2 bridgehead atoms. The van der Waals surface area contributed by atoms with Crippen molar-refractivity contribution in [2.75, 3.05) is 40.1 Å². The molecule has 3 aliphatic heterocycles. The molecule has 12 heteroatoms. The Kier molecular flexibility index (Phi) is 9.53. The van der Waals surface area contributed by atoms with Gasteiger partial charge in [0.25, 0.3) is 0 Å². The minimum absolute atomic E-state index is 0.181. The van der Waals surface area contributed by atoms with Crippen molar-refractivity contribution in [2.45, 2.75) is 37.9 Å². The van der Waals surface area contributed by atoms with Crippen LogP contribution in [-0.2, 0) is 19.4 Å². The Hall–Kier alpha value is -1.05. The largest absolute Gasteiger partial charge is 0.418 e. The third-order valence-electron chi connectivity index (χ3n) is 3.76. The molecule has 3 rings (SSSR count). The molecule has 10 nitrogen and oxygen atoms in total. The van der Waals surface area contributed by atoms with Crippen LogP contribution in [0.4, 0.5) is 9.18 Å². The van der Waals surface area contributed by atoms with E-state index in [1.807, 2.05) is 0 Å². The first kappa shape index (κ1) is 22.0. The van der Waals surface area contributed by atoms with E-state index in [1.165, 1.54) is 12.0 Å². The number of ether oxygens (including phenoxy) is 1. The summed E-state index contributed by atoms with van der Waals surface area (Å²) in [5.41, 5.74) is 0. The first-order chi connectivity index (χ1) is 11.8. The van der Waals surface area contributed by atoms with Crippen LogP contribution in [0, 0.1) is 0 Å². The van der Waals surface area contributed by atoms with Gasteiger partial charge in [-0.15, -0.1) is 4.28 Å². The van der Waals surface area contributed by atoms with E-state index in [2.05, 4.69) is 14.3 Å². The van der Waals surface area contributed by atoms with Crippen LogP contribution in [-0.4, -0.2) is 86.4 Å². The van der Waals surface area contributed by atoms with Gasteiger partial charge in [-0.05, 0) is 38.8 Å². The number of hydroxylamine groups is 2. The number of alkyl halides is 1. The maximum atomic E-state index is 12.1. The highest BCUT2D eigenvalue weighted by atomic mass is 32.3. The average Bonchev–Trinajstić information content (AvgIpc) is 2.78. The molecule has 1 atom stereocenters. The Bertz CT molecular complexity index is 500. The van der Waals surface area contributed by atoms with Gasteiger partial charge in [0.05, 0.1) is 6.04 Å².